The van der Waals surface area contributed by atoms with Crippen LogP contribution in [0.15, 0.2) is 24.3 Å². The first-order valence-corrected chi connectivity index (χ1v) is 7.46. The van der Waals surface area contributed by atoms with Crippen molar-refractivity contribution in [3.05, 3.63) is 29.8 Å². The molecular formula is C17H29NO. The van der Waals surface area contributed by atoms with E-state index in [1.54, 1.807) is 0 Å². The van der Waals surface area contributed by atoms with E-state index in [1.807, 2.05) is 0 Å². The van der Waals surface area contributed by atoms with Gasteiger partial charge in [0.15, 0.2) is 0 Å². The Morgan fingerprint density at radius 3 is 2.32 bits per heavy atom. The van der Waals surface area contributed by atoms with Crippen molar-refractivity contribution >= 4 is 0 Å². The highest BCUT2D eigenvalue weighted by Crippen LogP contribution is 2.29. The van der Waals surface area contributed by atoms with E-state index in [9.17, 15) is 0 Å². The maximum absolute atomic E-state index is 5.63. The highest BCUT2D eigenvalue weighted by molar-refractivity contribution is 5.31. The van der Waals surface area contributed by atoms with E-state index in [-0.39, 0.29) is 5.41 Å². The number of nitrogens with one attached hydrogen (secondary N) is 1. The zero-order valence-electron chi connectivity index (χ0n) is 13.1. The van der Waals surface area contributed by atoms with Crippen molar-refractivity contribution in [2.24, 2.45) is 0 Å². The fraction of sp³-hybridized carbons (Fsp3) is 0.647. The Morgan fingerprint density at radius 2 is 1.79 bits per heavy atom. The first-order valence-electron chi connectivity index (χ1n) is 7.46. The molecule has 1 aromatic carbocycles. The lowest BCUT2D eigenvalue weighted by Crippen LogP contribution is -2.33. The van der Waals surface area contributed by atoms with Crippen LogP contribution in [-0.2, 0) is 5.41 Å². The van der Waals surface area contributed by atoms with Crippen LogP contribution in [0.2, 0.25) is 0 Å². The largest absolute Gasteiger partial charge is 0.494 e. The average Bonchev–Trinajstić information content (AvgIpc) is 2.36. The minimum atomic E-state index is 0.185. The summed E-state index contributed by atoms with van der Waals surface area (Å²) in [5.74, 6) is 0.973. The predicted molar refractivity (Wildman–Crippen MR) is 83.0 cm³/mol. The Balaban J connectivity index is 2.67. The van der Waals surface area contributed by atoms with E-state index in [0.717, 1.165) is 31.7 Å². The topological polar surface area (TPSA) is 21.3 Å². The van der Waals surface area contributed by atoms with Gasteiger partial charge in [-0.1, -0.05) is 39.8 Å². The third-order valence-corrected chi connectivity index (χ3v) is 3.48. The first-order chi connectivity index (χ1) is 8.99. The second-order valence-corrected chi connectivity index (χ2v) is 5.92. The van der Waals surface area contributed by atoms with Crippen LogP contribution in [0, 0.1) is 0 Å². The Labute approximate surface area is 118 Å². The summed E-state index contributed by atoms with van der Waals surface area (Å²) in [6.07, 6.45) is 2.18. The number of ether oxygens (including phenoxy) is 1. The molecule has 0 radical (unpaired) electrons. The van der Waals surface area contributed by atoms with Crippen LogP contribution in [0.3, 0.4) is 0 Å². The van der Waals surface area contributed by atoms with Crippen molar-refractivity contribution in [2.45, 2.75) is 58.9 Å². The van der Waals surface area contributed by atoms with Gasteiger partial charge in [0.1, 0.15) is 5.75 Å². The molecule has 1 atom stereocenters. The van der Waals surface area contributed by atoms with Crippen molar-refractivity contribution in [1.82, 2.24) is 5.32 Å². The van der Waals surface area contributed by atoms with Crippen LogP contribution in [0.25, 0.3) is 0 Å². The summed E-state index contributed by atoms with van der Waals surface area (Å²) in [5.41, 5.74) is 1.56. The molecule has 108 valence electrons. The fourth-order valence-electron chi connectivity index (χ4n) is 2.53. The van der Waals surface area contributed by atoms with Crippen LogP contribution >= 0.6 is 0 Å². The standard InChI is InChI=1S/C17H29NO/c1-6-12-19-16-10-8-15(9-11-16)17(4,5)13-14(3)18-7-2/h8-11,14,18H,6-7,12-13H2,1-5H3. The quantitative estimate of drug-likeness (QED) is 0.761. The molecule has 2 heteroatoms. The van der Waals surface area contributed by atoms with Crippen LogP contribution < -0.4 is 10.1 Å². The minimum absolute atomic E-state index is 0.185. The summed E-state index contributed by atoms with van der Waals surface area (Å²) in [6.45, 7) is 13.0. The van der Waals surface area contributed by atoms with Gasteiger partial charge >= 0.3 is 0 Å². The second-order valence-electron chi connectivity index (χ2n) is 5.92. The second kappa shape index (κ2) is 7.54. The van der Waals surface area contributed by atoms with Gasteiger partial charge in [0.2, 0.25) is 0 Å². The van der Waals surface area contributed by atoms with E-state index in [1.165, 1.54) is 5.56 Å². The van der Waals surface area contributed by atoms with E-state index < -0.39 is 0 Å². The highest BCUT2D eigenvalue weighted by atomic mass is 16.5. The summed E-state index contributed by atoms with van der Waals surface area (Å²) in [4.78, 5) is 0. The third kappa shape index (κ3) is 5.23. The van der Waals surface area contributed by atoms with E-state index in [4.69, 9.17) is 4.74 Å². The molecule has 0 spiro atoms. The SMILES string of the molecule is CCCOc1ccc(C(C)(C)CC(C)NCC)cc1. The van der Waals surface area contributed by atoms with Crippen LogP contribution in [0.4, 0.5) is 0 Å². The van der Waals surface area contributed by atoms with Gasteiger partial charge in [-0.2, -0.15) is 0 Å². The van der Waals surface area contributed by atoms with Gasteiger partial charge in [-0.05, 0) is 49.4 Å². The summed E-state index contributed by atoms with van der Waals surface area (Å²) >= 11 is 0. The monoisotopic (exact) mass is 263 g/mol. The van der Waals surface area contributed by atoms with Gasteiger partial charge in [-0.25, -0.2) is 0 Å². The molecule has 2 nitrogen and oxygen atoms in total. The maximum atomic E-state index is 5.63. The van der Waals surface area contributed by atoms with Crippen molar-refractivity contribution in [1.29, 1.82) is 0 Å². The molecule has 1 rings (SSSR count). The number of benzene rings is 1. The van der Waals surface area contributed by atoms with Crippen molar-refractivity contribution in [3.8, 4) is 5.75 Å². The van der Waals surface area contributed by atoms with E-state index >= 15 is 0 Å². The molecule has 19 heavy (non-hydrogen) atoms. The smallest absolute Gasteiger partial charge is 0.119 e. The highest BCUT2D eigenvalue weighted by Gasteiger charge is 2.23. The van der Waals surface area contributed by atoms with Crippen molar-refractivity contribution < 1.29 is 4.74 Å². The maximum Gasteiger partial charge on any atom is 0.119 e. The molecule has 0 aliphatic carbocycles. The summed E-state index contributed by atoms with van der Waals surface area (Å²) in [5, 5.41) is 3.49. The minimum Gasteiger partial charge on any atom is -0.494 e. The van der Waals surface area contributed by atoms with Gasteiger partial charge in [-0.15, -0.1) is 0 Å². The van der Waals surface area contributed by atoms with Crippen LogP contribution in [0.5, 0.6) is 5.75 Å². The van der Waals surface area contributed by atoms with Crippen LogP contribution in [0.1, 0.15) is 53.0 Å². The molecule has 0 aliphatic heterocycles. The lowest BCUT2D eigenvalue weighted by Gasteiger charge is -2.29. The normalized spacial score (nSPS) is 13.3. The summed E-state index contributed by atoms with van der Waals surface area (Å²) < 4.78 is 5.63. The predicted octanol–water partition coefficient (Wildman–Crippen LogP) is 4.14. The molecule has 0 aliphatic rings. The van der Waals surface area contributed by atoms with Gasteiger partial charge in [0.05, 0.1) is 6.61 Å². The van der Waals surface area contributed by atoms with Gasteiger partial charge in [0.25, 0.3) is 0 Å². The lowest BCUT2D eigenvalue weighted by atomic mass is 9.79. The Morgan fingerprint density at radius 1 is 1.16 bits per heavy atom. The third-order valence-electron chi connectivity index (χ3n) is 3.48. The molecule has 1 N–H and O–H groups in total. The zero-order chi connectivity index (χ0) is 14.3. The fourth-order valence-corrected chi connectivity index (χ4v) is 2.53. The first kappa shape index (κ1) is 16.0. The van der Waals surface area contributed by atoms with E-state index in [2.05, 4.69) is 64.2 Å². The van der Waals surface area contributed by atoms with Crippen LogP contribution in [-0.4, -0.2) is 19.2 Å². The number of rotatable bonds is 8. The Hall–Kier alpha value is -1.02. The number of hydrogen-bond donors (Lipinski definition) is 1. The molecule has 0 saturated heterocycles. The lowest BCUT2D eigenvalue weighted by molar-refractivity contribution is 0.317. The summed E-state index contributed by atoms with van der Waals surface area (Å²) in [6, 6.07) is 9.11. The van der Waals surface area contributed by atoms with Gasteiger partial charge in [-0.3, -0.25) is 0 Å². The Bertz CT molecular complexity index is 356. The van der Waals surface area contributed by atoms with Crippen molar-refractivity contribution in [3.63, 3.8) is 0 Å². The molecule has 1 unspecified atom stereocenters. The molecule has 0 bridgehead atoms. The molecule has 0 aromatic heterocycles. The van der Waals surface area contributed by atoms with Gasteiger partial charge in [0, 0.05) is 6.04 Å². The summed E-state index contributed by atoms with van der Waals surface area (Å²) in [7, 11) is 0. The Kier molecular flexibility index (Phi) is 6.36. The molecule has 0 amide bonds. The van der Waals surface area contributed by atoms with Gasteiger partial charge < -0.3 is 10.1 Å². The zero-order valence-corrected chi connectivity index (χ0v) is 13.1. The number of hydrogen-bond acceptors (Lipinski definition) is 2. The average molecular weight is 263 g/mol. The molecular weight excluding hydrogens is 234 g/mol. The molecule has 0 fully saturated rings. The van der Waals surface area contributed by atoms with Crippen molar-refractivity contribution in [2.75, 3.05) is 13.2 Å². The van der Waals surface area contributed by atoms with E-state index in [0.29, 0.717) is 6.04 Å². The molecule has 0 saturated carbocycles. The molecule has 0 heterocycles. The molecule has 1 aromatic rings.